The molecule has 0 saturated carbocycles. The lowest BCUT2D eigenvalue weighted by Crippen LogP contribution is -2.10. The van der Waals surface area contributed by atoms with Gasteiger partial charge >= 0.3 is 0 Å². The lowest BCUT2D eigenvalue weighted by molar-refractivity contribution is 0.102. The lowest BCUT2D eigenvalue weighted by Gasteiger charge is -2.11. The van der Waals surface area contributed by atoms with Crippen molar-refractivity contribution in [1.82, 2.24) is 0 Å². The fraction of sp³-hybridized carbons (Fsp3) is 0.188. The number of hydrogen-bond donors (Lipinski definition) is 0. The Kier molecular flexibility index (Phi) is 5.07. The van der Waals surface area contributed by atoms with Crippen molar-refractivity contribution in [2.45, 2.75) is 13.3 Å². The van der Waals surface area contributed by atoms with Crippen LogP contribution in [0.1, 0.15) is 29.3 Å². The van der Waals surface area contributed by atoms with Gasteiger partial charge in [0.1, 0.15) is 17.4 Å². The molecule has 0 bridgehead atoms. The van der Waals surface area contributed by atoms with Gasteiger partial charge in [-0.15, -0.1) is 0 Å². The lowest BCUT2D eigenvalue weighted by atomic mass is 10.0. The Hall–Kier alpha value is -1.75. The zero-order valence-electron chi connectivity index (χ0n) is 11.3. The van der Waals surface area contributed by atoms with E-state index in [4.69, 9.17) is 4.74 Å². The van der Waals surface area contributed by atoms with E-state index < -0.39 is 23.0 Å². The van der Waals surface area contributed by atoms with Crippen molar-refractivity contribution < 1.29 is 18.3 Å². The van der Waals surface area contributed by atoms with Gasteiger partial charge in [0.2, 0.25) is 5.78 Å². The molecule has 0 saturated heterocycles. The van der Waals surface area contributed by atoms with E-state index in [2.05, 4.69) is 15.9 Å². The molecule has 0 unspecified atom stereocenters. The summed E-state index contributed by atoms with van der Waals surface area (Å²) < 4.78 is 33.5. The third-order valence-electron chi connectivity index (χ3n) is 2.83. The number of carbonyl (C=O) groups is 1. The van der Waals surface area contributed by atoms with Gasteiger partial charge in [-0.2, -0.15) is 0 Å². The molecule has 0 fully saturated rings. The molecular formula is C16H13BrF2O2. The Morgan fingerprint density at radius 2 is 1.81 bits per heavy atom. The molecule has 5 heteroatoms. The first-order valence-corrected chi connectivity index (χ1v) is 7.25. The first-order chi connectivity index (χ1) is 10.0. The van der Waals surface area contributed by atoms with Crippen molar-refractivity contribution in [3.05, 3.63) is 63.6 Å². The van der Waals surface area contributed by atoms with Gasteiger partial charge in [0.15, 0.2) is 0 Å². The molecule has 0 aromatic heterocycles. The molecule has 0 radical (unpaired) electrons. The van der Waals surface area contributed by atoms with Crippen molar-refractivity contribution in [3.63, 3.8) is 0 Å². The van der Waals surface area contributed by atoms with Crippen LogP contribution >= 0.6 is 15.9 Å². The number of halogens is 3. The highest BCUT2D eigenvalue weighted by Crippen LogP contribution is 2.26. The summed E-state index contributed by atoms with van der Waals surface area (Å²) in [5.41, 5.74) is -0.433. The molecule has 0 amide bonds. The van der Waals surface area contributed by atoms with Crippen LogP contribution in [-0.4, -0.2) is 12.4 Å². The molecule has 2 aromatic carbocycles. The smallest absolute Gasteiger partial charge is 0.202 e. The summed E-state index contributed by atoms with van der Waals surface area (Å²) in [5, 5.41) is 0. The molecule has 0 spiro atoms. The zero-order valence-corrected chi connectivity index (χ0v) is 12.9. The molecular weight excluding hydrogens is 342 g/mol. The standard InChI is InChI=1S/C16H13BrF2O2/c1-2-7-21-14-6-4-3-5-11(14)16(20)15-12(18)8-10(17)9-13(15)19/h3-6,8-9H,2,7H2,1H3. The Labute approximate surface area is 129 Å². The normalized spacial score (nSPS) is 10.5. The van der Waals surface area contributed by atoms with E-state index in [1.54, 1.807) is 18.2 Å². The van der Waals surface area contributed by atoms with E-state index in [0.717, 1.165) is 18.6 Å². The van der Waals surface area contributed by atoms with E-state index in [-0.39, 0.29) is 10.0 Å². The third kappa shape index (κ3) is 3.47. The molecule has 0 heterocycles. The van der Waals surface area contributed by atoms with Gasteiger partial charge in [-0.25, -0.2) is 8.78 Å². The summed E-state index contributed by atoms with van der Waals surface area (Å²) in [6, 6.07) is 8.56. The fourth-order valence-electron chi connectivity index (χ4n) is 1.89. The number of benzene rings is 2. The Balaban J connectivity index is 2.46. The minimum atomic E-state index is -0.905. The van der Waals surface area contributed by atoms with Crippen LogP contribution < -0.4 is 4.74 Å². The number of hydrogen-bond acceptors (Lipinski definition) is 2. The largest absolute Gasteiger partial charge is 0.493 e. The second kappa shape index (κ2) is 6.80. The van der Waals surface area contributed by atoms with Crippen molar-refractivity contribution in [1.29, 1.82) is 0 Å². The van der Waals surface area contributed by atoms with Crippen molar-refractivity contribution in [2.24, 2.45) is 0 Å². The van der Waals surface area contributed by atoms with Crippen LogP contribution in [0.2, 0.25) is 0 Å². The predicted molar refractivity (Wildman–Crippen MR) is 79.7 cm³/mol. The average molecular weight is 355 g/mol. The zero-order chi connectivity index (χ0) is 15.4. The highest BCUT2D eigenvalue weighted by molar-refractivity contribution is 9.10. The molecule has 2 aromatic rings. The number of para-hydroxylation sites is 1. The van der Waals surface area contributed by atoms with Crippen LogP contribution in [0.4, 0.5) is 8.78 Å². The van der Waals surface area contributed by atoms with E-state index in [0.29, 0.717) is 12.4 Å². The number of ketones is 1. The first-order valence-electron chi connectivity index (χ1n) is 6.45. The number of carbonyl (C=O) groups excluding carboxylic acids is 1. The Morgan fingerprint density at radius 3 is 2.43 bits per heavy atom. The summed E-state index contributed by atoms with van der Waals surface area (Å²) in [5.74, 6) is -2.22. The molecule has 0 atom stereocenters. The second-order valence-electron chi connectivity index (χ2n) is 4.42. The number of ether oxygens (including phenoxy) is 1. The topological polar surface area (TPSA) is 26.3 Å². The monoisotopic (exact) mass is 354 g/mol. The average Bonchev–Trinajstić information content (AvgIpc) is 2.44. The van der Waals surface area contributed by atoms with Gasteiger partial charge < -0.3 is 4.74 Å². The quantitative estimate of drug-likeness (QED) is 0.724. The van der Waals surface area contributed by atoms with Gasteiger partial charge in [0.25, 0.3) is 0 Å². The fourth-order valence-corrected chi connectivity index (χ4v) is 2.29. The third-order valence-corrected chi connectivity index (χ3v) is 3.29. The van der Waals surface area contributed by atoms with Gasteiger partial charge in [-0.05, 0) is 30.7 Å². The molecule has 21 heavy (non-hydrogen) atoms. The highest BCUT2D eigenvalue weighted by Gasteiger charge is 2.22. The van der Waals surface area contributed by atoms with Crippen LogP contribution in [0.25, 0.3) is 0 Å². The molecule has 2 rings (SSSR count). The molecule has 0 aliphatic carbocycles. The van der Waals surface area contributed by atoms with Crippen LogP contribution in [0.5, 0.6) is 5.75 Å². The van der Waals surface area contributed by atoms with E-state index in [1.807, 2.05) is 6.92 Å². The van der Waals surface area contributed by atoms with Gasteiger partial charge in [0, 0.05) is 4.47 Å². The van der Waals surface area contributed by atoms with Crippen molar-refractivity contribution in [2.75, 3.05) is 6.61 Å². The summed E-state index contributed by atoms with van der Waals surface area (Å²) in [6.07, 6.45) is 0.767. The minimum absolute atomic E-state index is 0.145. The summed E-state index contributed by atoms with van der Waals surface area (Å²) in [7, 11) is 0. The minimum Gasteiger partial charge on any atom is -0.493 e. The molecule has 2 nitrogen and oxygen atoms in total. The maximum Gasteiger partial charge on any atom is 0.202 e. The predicted octanol–water partition coefficient (Wildman–Crippen LogP) is 4.75. The maximum atomic E-state index is 13.9. The molecule has 0 N–H and O–H groups in total. The van der Waals surface area contributed by atoms with Crippen LogP contribution in [-0.2, 0) is 0 Å². The van der Waals surface area contributed by atoms with Crippen LogP contribution in [0.15, 0.2) is 40.9 Å². The molecule has 0 aliphatic rings. The van der Waals surface area contributed by atoms with Gasteiger partial charge in [-0.3, -0.25) is 4.79 Å². The number of rotatable bonds is 5. The maximum absolute atomic E-state index is 13.9. The van der Waals surface area contributed by atoms with Crippen molar-refractivity contribution in [3.8, 4) is 5.75 Å². The second-order valence-corrected chi connectivity index (χ2v) is 5.33. The van der Waals surface area contributed by atoms with Crippen molar-refractivity contribution >= 4 is 21.7 Å². The summed E-state index contributed by atoms with van der Waals surface area (Å²) in [6.45, 7) is 2.36. The van der Waals surface area contributed by atoms with E-state index >= 15 is 0 Å². The first kappa shape index (κ1) is 15.6. The Morgan fingerprint density at radius 1 is 1.19 bits per heavy atom. The molecule has 110 valence electrons. The van der Waals surface area contributed by atoms with E-state index in [9.17, 15) is 13.6 Å². The highest BCUT2D eigenvalue weighted by atomic mass is 79.9. The van der Waals surface area contributed by atoms with Crippen LogP contribution in [0, 0.1) is 11.6 Å². The Bertz CT molecular complexity index is 648. The van der Waals surface area contributed by atoms with Gasteiger partial charge in [-0.1, -0.05) is 35.0 Å². The SMILES string of the molecule is CCCOc1ccccc1C(=O)c1c(F)cc(Br)cc1F. The van der Waals surface area contributed by atoms with Gasteiger partial charge in [0.05, 0.1) is 17.7 Å². The molecule has 0 aliphatic heterocycles. The summed E-state index contributed by atoms with van der Waals surface area (Å²) >= 11 is 2.99. The summed E-state index contributed by atoms with van der Waals surface area (Å²) in [4.78, 5) is 12.4. The van der Waals surface area contributed by atoms with E-state index in [1.165, 1.54) is 6.07 Å². The van der Waals surface area contributed by atoms with Crippen LogP contribution in [0.3, 0.4) is 0 Å².